The zero-order valence-electron chi connectivity index (χ0n) is 9.49. The first-order valence-electron chi connectivity index (χ1n) is 5.04. The van der Waals surface area contributed by atoms with Crippen molar-refractivity contribution in [3.63, 3.8) is 0 Å². The molecule has 0 aromatic carbocycles. The molecule has 0 heterocycles. The lowest BCUT2D eigenvalue weighted by atomic mass is 10.1. The van der Waals surface area contributed by atoms with E-state index in [0.717, 1.165) is 11.3 Å². The molecule has 1 atom stereocenters. The summed E-state index contributed by atoms with van der Waals surface area (Å²) < 4.78 is 0. The van der Waals surface area contributed by atoms with Gasteiger partial charge in [-0.1, -0.05) is 13.0 Å². The lowest BCUT2D eigenvalue weighted by molar-refractivity contribution is -0.130. The molecule has 2 amide bonds. The standard InChI is InChI=1S/C10H18N2O3S/c1-3-4-7(16)5-8(10(15)11-2)12-9(14)6-13/h4,8,13,16H,3,5-6H2,1-2H3,(H,11,15)(H,12,14)/b7-4-/t8-/m0/s1. The highest BCUT2D eigenvalue weighted by Gasteiger charge is 2.19. The van der Waals surface area contributed by atoms with Crippen LogP contribution in [0.3, 0.4) is 0 Å². The molecule has 0 aromatic rings. The quantitative estimate of drug-likeness (QED) is 0.491. The molecule has 0 saturated carbocycles. The lowest BCUT2D eigenvalue weighted by Gasteiger charge is -2.16. The first-order chi connectivity index (χ1) is 7.54. The van der Waals surface area contributed by atoms with Crippen molar-refractivity contribution in [3.8, 4) is 0 Å². The minimum Gasteiger partial charge on any atom is -0.387 e. The Kier molecular flexibility index (Phi) is 7.66. The number of carbonyl (C=O) groups is 2. The van der Waals surface area contributed by atoms with Crippen molar-refractivity contribution in [2.24, 2.45) is 0 Å². The molecule has 0 bridgehead atoms. The number of aliphatic hydroxyl groups excluding tert-OH is 1. The zero-order chi connectivity index (χ0) is 12.6. The van der Waals surface area contributed by atoms with Crippen LogP contribution in [-0.4, -0.2) is 36.6 Å². The largest absolute Gasteiger partial charge is 0.387 e. The van der Waals surface area contributed by atoms with E-state index in [0.29, 0.717) is 6.42 Å². The van der Waals surface area contributed by atoms with Crippen molar-refractivity contribution in [1.29, 1.82) is 0 Å². The molecule has 0 fully saturated rings. The van der Waals surface area contributed by atoms with Crippen molar-refractivity contribution in [2.75, 3.05) is 13.7 Å². The zero-order valence-corrected chi connectivity index (χ0v) is 10.4. The van der Waals surface area contributed by atoms with Crippen molar-refractivity contribution in [1.82, 2.24) is 10.6 Å². The Morgan fingerprint density at radius 1 is 1.50 bits per heavy atom. The van der Waals surface area contributed by atoms with Gasteiger partial charge in [0.25, 0.3) is 0 Å². The Bertz CT molecular complexity index is 279. The van der Waals surface area contributed by atoms with Gasteiger partial charge in [0.2, 0.25) is 11.8 Å². The van der Waals surface area contributed by atoms with Crippen molar-refractivity contribution >= 4 is 24.4 Å². The molecule has 0 spiro atoms. The highest BCUT2D eigenvalue weighted by molar-refractivity contribution is 7.84. The molecule has 0 aliphatic rings. The molecule has 0 aromatic heterocycles. The van der Waals surface area contributed by atoms with Gasteiger partial charge in [0.05, 0.1) is 0 Å². The van der Waals surface area contributed by atoms with E-state index in [-0.39, 0.29) is 5.91 Å². The first kappa shape index (κ1) is 15.0. The summed E-state index contributed by atoms with van der Waals surface area (Å²) in [6, 6.07) is -0.694. The van der Waals surface area contributed by atoms with E-state index in [4.69, 9.17) is 5.11 Å². The minimum absolute atomic E-state index is 0.308. The second kappa shape index (κ2) is 8.18. The average Bonchev–Trinajstić information content (AvgIpc) is 2.27. The van der Waals surface area contributed by atoms with Crippen molar-refractivity contribution in [3.05, 3.63) is 11.0 Å². The first-order valence-corrected chi connectivity index (χ1v) is 5.49. The van der Waals surface area contributed by atoms with Crippen LogP contribution < -0.4 is 10.6 Å². The van der Waals surface area contributed by atoms with Gasteiger partial charge in [-0.2, -0.15) is 0 Å². The highest BCUT2D eigenvalue weighted by atomic mass is 32.1. The van der Waals surface area contributed by atoms with E-state index in [1.807, 2.05) is 13.0 Å². The van der Waals surface area contributed by atoms with Gasteiger partial charge in [-0.3, -0.25) is 9.59 Å². The van der Waals surface area contributed by atoms with Crippen LogP contribution in [0.2, 0.25) is 0 Å². The number of aliphatic hydroxyl groups is 1. The predicted molar refractivity (Wildman–Crippen MR) is 65.1 cm³/mol. The number of thiol groups is 1. The lowest BCUT2D eigenvalue weighted by Crippen LogP contribution is -2.46. The SMILES string of the molecule is CC/C=C(\S)C[C@H](NC(=O)CO)C(=O)NC. The molecule has 0 saturated heterocycles. The number of hydrogen-bond donors (Lipinski definition) is 4. The maximum absolute atomic E-state index is 11.4. The fourth-order valence-corrected chi connectivity index (χ4v) is 1.52. The van der Waals surface area contributed by atoms with Crippen LogP contribution >= 0.6 is 12.6 Å². The Morgan fingerprint density at radius 2 is 2.12 bits per heavy atom. The summed E-state index contributed by atoms with van der Waals surface area (Å²) in [6.07, 6.45) is 3.00. The maximum Gasteiger partial charge on any atom is 0.246 e. The molecule has 0 aliphatic carbocycles. The fourth-order valence-electron chi connectivity index (χ4n) is 1.15. The van der Waals surface area contributed by atoms with Gasteiger partial charge < -0.3 is 15.7 Å². The third-order valence-electron chi connectivity index (χ3n) is 1.89. The van der Waals surface area contributed by atoms with Crippen LogP contribution in [0.25, 0.3) is 0 Å². The monoisotopic (exact) mass is 246 g/mol. The smallest absolute Gasteiger partial charge is 0.246 e. The molecule has 0 radical (unpaired) electrons. The number of amides is 2. The van der Waals surface area contributed by atoms with Gasteiger partial charge in [-0.25, -0.2) is 0 Å². The highest BCUT2D eigenvalue weighted by Crippen LogP contribution is 2.11. The number of nitrogens with one attached hydrogen (secondary N) is 2. The minimum atomic E-state index is -0.694. The fraction of sp³-hybridized carbons (Fsp3) is 0.600. The third-order valence-corrected chi connectivity index (χ3v) is 2.26. The molecule has 6 heteroatoms. The van der Waals surface area contributed by atoms with Gasteiger partial charge in [0.1, 0.15) is 12.6 Å². The average molecular weight is 246 g/mol. The van der Waals surface area contributed by atoms with Gasteiger partial charge in [0, 0.05) is 13.5 Å². The summed E-state index contributed by atoms with van der Waals surface area (Å²) in [5, 5.41) is 13.5. The third kappa shape index (κ3) is 5.77. The Balaban J connectivity index is 4.49. The molecule has 0 unspecified atom stereocenters. The molecule has 0 aliphatic heterocycles. The molecule has 3 N–H and O–H groups in total. The molecule has 16 heavy (non-hydrogen) atoms. The van der Waals surface area contributed by atoms with E-state index < -0.39 is 18.6 Å². The van der Waals surface area contributed by atoms with E-state index in [1.165, 1.54) is 7.05 Å². The van der Waals surface area contributed by atoms with Crippen LogP contribution in [0.5, 0.6) is 0 Å². The Hall–Kier alpha value is -1.01. The van der Waals surface area contributed by atoms with Crippen LogP contribution in [-0.2, 0) is 9.59 Å². The number of rotatable bonds is 6. The van der Waals surface area contributed by atoms with Crippen LogP contribution in [0, 0.1) is 0 Å². The second-order valence-electron chi connectivity index (χ2n) is 3.20. The summed E-state index contributed by atoms with van der Waals surface area (Å²) in [5.74, 6) is -0.885. The number of carbonyl (C=O) groups excluding carboxylic acids is 2. The van der Waals surface area contributed by atoms with Crippen molar-refractivity contribution in [2.45, 2.75) is 25.8 Å². The summed E-state index contributed by atoms with van der Waals surface area (Å²) in [5.41, 5.74) is 0. The molecular weight excluding hydrogens is 228 g/mol. The maximum atomic E-state index is 11.4. The van der Waals surface area contributed by atoms with E-state index >= 15 is 0 Å². The topological polar surface area (TPSA) is 78.4 Å². The Labute approximate surface area is 101 Å². The predicted octanol–water partition coefficient (Wildman–Crippen LogP) is -0.177. The second-order valence-corrected chi connectivity index (χ2v) is 3.77. The molecule has 5 nitrogen and oxygen atoms in total. The van der Waals surface area contributed by atoms with Gasteiger partial charge in [-0.15, -0.1) is 12.6 Å². The van der Waals surface area contributed by atoms with Crippen LogP contribution in [0.1, 0.15) is 19.8 Å². The van der Waals surface area contributed by atoms with E-state index in [9.17, 15) is 9.59 Å². The Morgan fingerprint density at radius 3 is 2.56 bits per heavy atom. The van der Waals surface area contributed by atoms with Crippen molar-refractivity contribution < 1.29 is 14.7 Å². The molecule has 0 rings (SSSR count). The number of likely N-dealkylation sites (N-methyl/N-ethyl adjacent to an activating group) is 1. The van der Waals surface area contributed by atoms with E-state index in [2.05, 4.69) is 23.3 Å². The summed E-state index contributed by atoms with van der Waals surface area (Å²) in [7, 11) is 1.49. The van der Waals surface area contributed by atoms with Gasteiger partial charge >= 0.3 is 0 Å². The molecular formula is C10H18N2O3S. The summed E-state index contributed by atoms with van der Waals surface area (Å²) in [4.78, 5) is 23.2. The summed E-state index contributed by atoms with van der Waals surface area (Å²) >= 11 is 4.20. The van der Waals surface area contributed by atoms with Crippen LogP contribution in [0.4, 0.5) is 0 Å². The van der Waals surface area contributed by atoms with Gasteiger partial charge in [0.15, 0.2) is 0 Å². The normalized spacial score (nSPS) is 13.1. The van der Waals surface area contributed by atoms with E-state index in [1.54, 1.807) is 0 Å². The number of allylic oxidation sites excluding steroid dienone is 1. The van der Waals surface area contributed by atoms with Gasteiger partial charge in [-0.05, 0) is 11.3 Å². The summed E-state index contributed by atoms with van der Waals surface area (Å²) in [6.45, 7) is 1.32. The van der Waals surface area contributed by atoms with Crippen LogP contribution in [0.15, 0.2) is 11.0 Å². The number of hydrogen-bond acceptors (Lipinski definition) is 4. The molecule has 92 valence electrons.